The van der Waals surface area contributed by atoms with Gasteiger partial charge < -0.3 is 15.2 Å². The Kier molecular flexibility index (Phi) is 5.92. The number of hydrogen-bond acceptors (Lipinski definition) is 3. The summed E-state index contributed by atoms with van der Waals surface area (Å²) in [4.78, 5) is 11.0. The SMILES string of the molecule is CC1CCCC(OCC(NC(C)C)C(=O)O)C1. The van der Waals surface area contributed by atoms with Crippen molar-refractivity contribution in [2.45, 2.75) is 64.6 Å². The van der Waals surface area contributed by atoms with Gasteiger partial charge in [-0.3, -0.25) is 4.79 Å². The molecule has 1 aliphatic rings. The third kappa shape index (κ3) is 5.50. The first-order valence-electron chi connectivity index (χ1n) is 6.59. The van der Waals surface area contributed by atoms with E-state index in [1.807, 2.05) is 13.8 Å². The van der Waals surface area contributed by atoms with Crippen molar-refractivity contribution in [1.29, 1.82) is 0 Å². The van der Waals surface area contributed by atoms with E-state index in [0.717, 1.165) is 12.8 Å². The van der Waals surface area contributed by atoms with E-state index < -0.39 is 12.0 Å². The Morgan fingerprint density at radius 2 is 2.18 bits per heavy atom. The zero-order chi connectivity index (χ0) is 12.8. The average Bonchev–Trinajstić information content (AvgIpc) is 2.23. The number of carboxylic acids is 1. The largest absolute Gasteiger partial charge is 0.480 e. The van der Waals surface area contributed by atoms with Gasteiger partial charge in [0.05, 0.1) is 12.7 Å². The van der Waals surface area contributed by atoms with Crippen LogP contribution in [0.15, 0.2) is 0 Å². The second-order valence-corrected chi connectivity index (χ2v) is 5.44. The molecule has 1 aliphatic carbocycles. The Balaban J connectivity index is 2.32. The van der Waals surface area contributed by atoms with Crippen molar-refractivity contribution in [1.82, 2.24) is 5.32 Å². The summed E-state index contributed by atoms with van der Waals surface area (Å²) in [7, 11) is 0. The number of aliphatic carboxylic acids is 1. The van der Waals surface area contributed by atoms with Crippen molar-refractivity contribution < 1.29 is 14.6 Å². The van der Waals surface area contributed by atoms with Crippen LogP contribution >= 0.6 is 0 Å². The van der Waals surface area contributed by atoms with Gasteiger partial charge in [-0.15, -0.1) is 0 Å². The van der Waals surface area contributed by atoms with E-state index in [1.165, 1.54) is 12.8 Å². The van der Waals surface area contributed by atoms with Crippen LogP contribution in [0.1, 0.15) is 46.5 Å². The van der Waals surface area contributed by atoms with Crippen LogP contribution in [-0.2, 0) is 9.53 Å². The van der Waals surface area contributed by atoms with Crippen LogP contribution in [-0.4, -0.2) is 35.9 Å². The maximum absolute atomic E-state index is 11.0. The standard InChI is InChI=1S/C13H25NO3/c1-9(2)14-12(13(15)16)8-17-11-6-4-5-10(3)7-11/h9-12,14H,4-8H2,1-3H3,(H,15,16). The minimum absolute atomic E-state index is 0.157. The molecule has 0 radical (unpaired) electrons. The fourth-order valence-corrected chi connectivity index (χ4v) is 2.36. The summed E-state index contributed by atoms with van der Waals surface area (Å²) in [5.74, 6) is -0.127. The van der Waals surface area contributed by atoms with Crippen LogP contribution in [0.4, 0.5) is 0 Å². The Labute approximate surface area is 104 Å². The first kappa shape index (κ1) is 14.5. The lowest BCUT2D eigenvalue weighted by Gasteiger charge is -2.28. The predicted molar refractivity (Wildman–Crippen MR) is 67.1 cm³/mol. The average molecular weight is 243 g/mol. The van der Waals surface area contributed by atoms with Crippen LogP contribution in [0.5, 0.6) is 0 Å². The highest BCUT2D eigenvalue weighted by Crippen LogP contribution is 2.25. The number of nitrogens with one attached hydrogen (secondary N) is 1. The second-order valence-electron chi connectivity index (χ2n) is 5.44. The number of ether oxygens (including phenoxy) is 1. The molecular weight excluding hydrogens is 218 g/mol. The fourth-order valence-electron chi connectivity index (χ4n) is 2.36. The third-order valence-electron chi connectivity index (χ3n) is 3.22. The predicted octanol–water partition coefficient (Wildman–Crippen LogP) is 2.03. The van der Waals surface area contributed by atoms with Crippen molar-refractivity contribution >= 4 is 5.97 Å². The lowest BCUT2D eigenvalue weighted by Crippen LogP contribution is -2.45. The first-order chi connectivity index (χ1) is 7.99. The molecular formula is C13H25NO3. The molecule has 17 heavy (non-hydrogen) atoms. The van der Waals surface area contributed by atoms with Crippen molar-refractivity contribution in [3.63, 3.8) is 0 Å². The second kappa shape index (κ2) is 6.97. The van der Waals surface area contributed by atoms with Gasteiger partial charge in [-0.2, -0.15) is 0 Å². The molecule has 4 heteroatoms. The van der Waals surface area contributed by atoms with Gasteiger partial charge in [-0.05, 0) is 18.8 Å². The molecule has 3 atom stereocenters. The highest BCUT2D eigenvalue weighted by Gasteiger charge is 2.23. The summed E-state index contributed by atoms with van der Waals surface area (Å²) in [6.45, 7) is 6.39. The normalized spacial score (nSPS) is 27.1. The molecule has 4 nitrogen and oxygen atoms in total. The monoisotopic (exact) mass is 243 g/mol. The Morgan fingerprint density at radius 1 is 1.47 bits per heavy atom. The van der Waals surface area contributed by atoms with E-state index in [1.54, 1.807) is 0 Å². The van der Waals surface area contributed by atoms with E-state index in [4.69, 9.17) is 9.84 Å². The van der Waals surface area contributed by atoms with Crippen LogP contribution < -0.4 is 5.32 Å². The summed E-state index contributed by atoms with van der Waals surface area (Å²) >= 11 is 0. The molecule has 0 spiro atoms. The zero-order valence-electron chi connectivity index (χ0n) is 11.1. The first-order valence-corrected chi connectivity index (χ1v) is 6.59. The number of rotatable bonds is 6. The van der Waals surface area contributed by atoms with Gasteiger partial charge in [0, 0.05) is 6.04 Å². The Morgan fingerprint density at radius 3 is 2.71 bits per heavy atom. The van der Waals surface area contributed by atoms with Gasteiger partial charge in [-0.25, -0.2) is 0 Å². The molecule has 0 aromatic heterocycles. The summed E-state index contributed by atoms with van der Waals surface area (Å²) < 4.78 is 5.73. The minimum Gasteiger partial charge on any atom is -0.480 e. The molecule has 0 aliphatic heterocycles. The topological polar surface area (TPSA) is 58.6 Å². The lowest BCUT2D eigenvalue weighted by atomic mass is 9.89. The fraction of sp³-hybridized carbons (Fsp3) is 0.923. The van der Waals surface area contributed by atoms with Gasteiger partial charge in [0.15, 0.2) is 0 Å². The third-order valence-corrected chi connectivity index (χ3v) is 3.22. The maximum Gasteiger partial charge on any atom is 0.323 e. The van der Waals surface area contributed by atoms with Crippen molar-refractivity contribution in [2.24, 2.45) is 5.92 Å². The molecule has 2 N–H and O–H groups in total. The number of carboxylic acid groups (broad SMARTS) is 1. The molecule has 1 saturated carbocycles. The van der Waals surface area contributed by atoms with E-state index in [-0.39, 0.29) is 18.8 Å². The summed E-state index contributed by atoms with van der Waals surface area (Å²) in [6, 6.07) is -0.433. The molecule has 1 fully saturated rings. The molecule has 0 aromatic rings. The van der Waals surface area contributed by atoms with E-state index >= 15 is 0 Å². The van der Waals surface area contributed by atoms with Crippen molar-refractivity contribution in [3.05, 3.63) is 0 Å². The van der Waals surface area contributed by atoms with E-state index in [9.17, 15) is 4.79 Å². The molecule has 0 saturated heterocycles. The van der Waals surface area contributed by atoms with E-state index in [2.05, 4.69) is 12.2 Å². The van der Waals surface area contributed by atoms with E-state index in [0.29, 0.717) is 5.92 Å². The minimum atomic E-state index is -0.831. The molecule has 0 bridgehead atoms. The quantitative estimate of drug-likeness (QED) is 0.749. The lowest BCUT2D eigenvalue weighted by molar-refractivity contribution is -0.142. The van der Waals surface area contributed by atoms with Gasteiger partial charge in [-0.1, -0.05) is 33.6 Å². The van der Waals surface area contributed by atoms with Crippen LogP contribution in [0.25, 0.3) is 0 Å². The van der Waals surface area contributed by atoms with Crippen molar-refractivity contribution in [2.75, 3.05) is 6.61 Å². The van der Waals surface area contributed by atoms with Gasteiger partial charge in [0.25, 0.3) is 0 Å². The summed E-state index contributed by atoms with van der Waals surface area (Å²) in [5.41, 5.74) is 0. The van der Waals surface area contributed by atoms with Crippen molar-refractivity contribution in [3.8, 4) is 0 Å². The highest BCUT2D eigenvalue weighted by molar-refractivity contribution is 5.73. The molecule has 3 unspecified atom stereocenters. The molecule has 0 amide bonds. The molecule has 1 rings (SSSR count). The van der Waals surface area contributed by atoms with Gasteiger partial charge in [0.2, 0.25) is 0 Å². The smallest absolute Gasteiger partial charge is 0.323 e. The van der Waals surface area contributed by atoms with Crippen LogP contribution in [0.2, 0.25) is 0 Å². The zero-order valence-corrected chi connectivity index (χ0v) is 11.1. The number of carbonyl (C=O) groups is 1. The highest BCUT2D eigenvalue weighted by atomic mass is 16.5. The summed E-state index contributed by atoms with van der Waals surface area (Å²) in [5, 5.41) is 12.1. The van der Waals surface area contributed by atoms with Crippen LogP contribution in [0.3, 0.4) is 0 Å². The van der Waals surface area contributed by atoms with Gasteiger partial charge >= 0.3 is 5.97 Å². The summed E-state index contributed by atoms with van der Waals surface area (Å²) in [6.07, 6.45) is 4.84. The van der Waals surface area contributed by atoms with Crippen LogP contribution in [0, 0.1) is 5.92 Å². The maximum atomic E-state index is 11.0. The Bertz CT molecular complexity index is 243. The van der Waals surface area contributed by atoms with Gasteiger partial charge in [0.1, 0.15) is 6.04 Å². The number of hydrogen-bond donors (Lipinski definition) is 2. The molecule has 100 valence electrons. The Hall–Kier alpha value is -0.610. The molecule has 0 heterocycles. The molecule has 0 aromatic carbocycles.